The maximum Gasteiger partial charge on any atom is 0.303 e. The Bertz CT molecular complexity index is 717. The Balaban J connectivity index is 2.56. The van der Waals surface area contributed by atoms with Crippen molar-refractivity contribution in [2.24, 2.45) is 23.2 Å². The lowest BCUT2D eigenvalue weighted by molar-refractivity contribution is -0.168. The van der Waals surface area contributed by atoms with Gasteiger partial charge in [-0.05, 0) is 51.0 Å². The summed E-state index contributed by atoms with van der Waals surface area (Å²) < 4.78 is 11.6. The van der Waals surface area contributed by atoms with Gasteiger partial charge in [0.1, 0.15) is 11.7 Å². The molecule has 0 bridgehead atoms. The molecule has 0 unspecified atom stereocenters. The Morgan fingerprint density at radius 2 is 1.83 bits per heavy atom. The minimum atomic E-state index is -0.681. The molecule has 0 amide bonds. The fourth-order valence-corrected chi connectivity index (χ4v) is 5.31. The molecule has 0 aliphatic heterocycles. The monoisotopic (exact) mass is 404 g/mol. The van der Waals surface area contributed by atoms with Crippen LogP contribution in [0.3, 0.4) is 0 Å². The second-order valence-corrected chi connectivity index (χ2v) is 9.72. The summed E-state index contributed by atoms with van der Waals surface area (Å²) in [5.74, 6) is -0.412. The van der Waals surface area contributed by atoms with Crippen LogP contribution in [0.2, 0.25) is 0 Å². The molecule has 2 aliphatic rings. The van der Waals surface area contributed by atoms with Crippen LogP contribution in [0, 0.1) is 23.2 Å². The molecule has 162 valence electrons. The fraction of sp³-hybridized carbons (Fsp3) is 0.708. The number of ether oxygens (including phenoxy) is 2. The molecule has 1 saturated carbocycles. The zero-order valence-corrected chi connectivity index (χ0v) is 18.9. The number of ketones is 1. The van der Waals surface area contributed by atoms with Crippen molar-refractivity contribution < 1.29 is 23.9 Å². The number of fused-ring (bicyclic) bond motifs is 1. The predicted molar refractivity (Wildman–Crippen MR) is 112 cm³/mol. The van der Waals surface area contributed by atoms with Gasteiger partial charge >= 0.3 is 11.9 Å². The van der Waals surface area contributed by atoms with Crippen molar-refractivity contribution in [1.82, 2.24) is 0 Å². The number of rotatable bonds is 3. The van der Waals surface area contributed by atoms with E-state index in [-0.39, 0.29) is 47.0 Å². The Morgan fingerprint density at radius 3 is 2.41 bits per heavy atom. The van der Waals surface area contributed by atoms with Gasteiger partial charge in [0.25, 0.3) is 0 Å². The van der Waals surface area contributed by atoms with E-state index in [0.29, 0.717) is 12.8 Å². The van der Waals surface area contributed by atoms with Crippen LogP contribution in [0.5, 0.6) is 0 Å². The maximum absolute atomic E-state index is 12.4. The number of carbonyl (C=O) groups excluding carboxylic acids is 3. The van der Waals surface area contributed by atoms with Gasteiger partial charge in [0.05, 0.1) is 0 Å². The summed E-state index contributed by atoms with van der Waals surface area (Å²) in [5.41, 5.74) is 0.0118. The van der Waals surface area contributed by atoms with Gasteiger partial charge < -0.3 is 9.47 Å². The first-order chi connectivity index (χ1) is 13.3. The Kier molecular flexibility index (Phi) is 7.13. The van der Waals surface area contributed by atoms with E-state index >= 15 is 0 Å². The van der Waals surface area contributed by atoms with Crippen LogP contribution < -0.4 is 0 Å². The first kappa shape index (κ1) is 23.4. The molecule has 0 aromatic heterocycles. The van der Waals surface area contributed by atoms with Crippen LogP contribution in [0.4, 0.5) is 0 Å². The van der Waals surface area contributed by atoms with Crippen molar-refractivity contribution in [1.29, 1.82) is 0 Å². The Hall–Kier alpha value is -1.91. The largest absolute Gasteiger partial charge is 0.462 e. The van der Waals surface area contributed by atoms with E-state index in [1.165, 1.54) is 13.8 Å². The highest BCUT2D eigenvalue weighted by Gasteiger charge is 2.54. The van der Waals surface area contributed by atoms with Crippen molar-refractivity contribution in [3.8, 4) is 0 Å². The van der Waals surface area contributed by atoms with Crippen LogP contribution in [0.1, 0.15) is 74.1 Å². The molecule has 2 aliphatic carbocycles. The molecule has 0 heterocycles. The van der Waals surface area contributed by atoms with E-state index in [0.717, 1.165) is 18.4 Å². The Labute approximate surface area is 174 Å². The molecule has 0 spiro atoms. The minimum Gasteiger partial charge on any atom is -0.462 e. The number of hydrogen-bond acceptors (Lipinski definition) is 5. The van der Waals surface area contributed by atoms with Gasteiger partial charge in [0.2, 0.25) is 0 Å². The van der Waals surface area contributed by atoms with E-state index in [2.05, 4.69) is 19.1 Å². The van der Waals surface area contributed by atoms with Crippen molar-refractivity contribution in [3.63, 3.8) is 0 Å². The van der Waals surface area contributed by atoms with Gasteiger partial charge in [-0.25, -0.2) is 0 Å². The third kappa shape index (κ3) is 5.80. The van der Waals surface area contributed by atoms with Crippen molar-refractivity contribution in [2.45, 2.75) is 85.9 Å². The predicted octanol–water partition coefficient (Wildman–Crippen LogP) is 4.79. The van der Waals surface area contributed by atoms with Gasteiger partial charge in [-0.2, -0.15) is 0 Å². The smallest absolute Gasteiger partial charge is 0.303 e. The first-order valence-electron chi connectivity index (χ1n) is 10.6. The van der Waals surface area contributed by atoms with Crippen LogP contribution in [-0.2, 0) is 23.9 Å². The average molecular weight is 405 g/mol. The lowest BCUT2D eigenvalue weighted by Crippen LogP contribution is -2.46. The molecule has 5 nitrogen and oxygen atoms in total. The van der Waals surface area contributed by atoms with E-state index < -0.39 is 5.60 Å². The van der Waals surface area contributed by atoms with E-state index in [1.54, 1.807) is 6.08 Å². The van der Waals surface area contributed by atoms with Crippen molar-refractivity contribution >= 4 is 17.7 Å². The SMILES string of the molecule is CC(=O)O[C@@H]1C/C(C)=C\C(=O)C[C@H](C)/C=C/[C@]2(C)CC[C@H](C(C)(C)OC(C)=O)[C@@H]12. The van der Waals surface area contributed by atoms with Gasteiger partial charge in [-0.1, -0.05) is 31.6 Å². The Morgan fingerprint density at radius 1 is 1.17 bits per heavy atom. The van der Waals surface area contributed by atoms with Crippen LogP contribution in [0.15, 0.2) is 23.8 Å². The highest BCUT2D eigenvalue weighted by molar-refractivity contribution is 5.90. The van der Waals surface area contributed by atoms with Crippen LogP contribution >= 0.6 is 0 Å². The fourth-order valence-electron chi connectivity index (χ4n) is 5.31. The molecule has 2 rings (SSSR count). The quantitative estimate of drug-likeness (QED) is 0.499. The highest BCUT2D eigenvalue weighted by Crippen LogP contribution is 2.55. The molecule has 0 aromatic carbocycles. The third-order valence-corrected chi connectivity index (χ3v) is 6.47. The minimum absolute atomic E-state index is 0.0271. The summed E-state index contributed by atoms with van der Waals surface area (Å²) >= 11 is 0. The van der Waals surface area contributed by atoms with Gasteiger partial charge in [-0.3, -0.25) is 14.4 Å². The molecule has 0 saturated heterocycles. The summed E-state index contributed by atoms with van der Waals surface area (Å²) in [6.07, 6.45) is 8.37. The van der Waals surface area contributed by atoms with E-state index in [1.807, 2.05) is 27.7 Å². The number of esters is 2. The van der Waals surface area contributed by atoms with E-state index in [4.69, 9.17) is 9.47 Å². The molecule has 29 heavy (non-hydrogen) atoms. The molecule has 5 heteroatoms. The lowest BCUT2D eigenvalue weighted by Gasteiger charge is -2.42. The molecule has 0 radical (unpaired) electrons. The molecule has 1 fully saturated rings. The third-order valence-electron chi connectivity index (χ3n) is 6.47. The zero-order chi connectivity index (χ0) is 22.0. The zero-order valence-electron chi connectivity index (χ0n) is 18.9. The van der Waals surface area contributed by atoms with Gasteiger partial charge in [0, 0.05) is 38.5 Å². The molecule has 0 N–H and O–H groups in total. The average Bonchev–Trinajstić information content (AvgIpc) is 2.88. The summed E-state index contributed by atoms with van der Waals surface area (Å²) in [6.45, 7) is 12.9. The van der Waals surface area contributed by atoms with Gasteiger partial charge in [-0.15, -0.1) is 0 Å². The summed E-state index contributed by atoms with van der Waals surface area (Å²) in [4.78, 5) is 36.1. The second kappa shape index (κ2) is 8.85. The summed E-state index contributed by atoms with van der Waals surface area (Å²) in [6, 6.07) is 0. The molecule has 0 aromatic rings. The second-order valence-electron chi connectivity index (χ2n) is 9.72. The van der Waals surface area contributed by atoms with Crippen LogP contribution in [0.25, 0.3) is 0 Å². The van der Waals surface area contributed by atoms with Crippen molar-refractivity contribution in [3.05, 3.63) is 23.8 Å². The lowest BCUT2D eigenvalue weighted by atomic mass is 9.68. The normalized spacial score (nSPS) is 36.2. The van der Waals surface area contributed by atoms with Crippen LogP contribution in [-0.4, -0.2) is 29.4 Å². The summed E-state index contributed by atoms with van der Waals surface area (Å²) in [7, 11) is 0. The number of carbonyl (C=O) groups is 3. The molecule has 5 atom stereocenters. The molecular formula is C24H36O5. The van der Waals surface area contributed by atoms with E-state index in [9.17, 15) is 14.4 Å². The first-order valence-corrected chi connectivity index (χ1v) is 10.6. The molecular weight excluding hydrogens is 368 g/mol. The highest BCUT2D eigenvalue weighted by atomic mass is 16.6. The topological polar surface area (TPSA) is 69.7 Å². The standard InChI is InChI=1S/C24H36O5/c1-15-8-10-24(7)11-9-20(23(5,6)29-18(4)26)22(24)21(28-17(3)25)14-16(2)13-19(27)12-15/h8,10,13,15,20-22H,9,11-12,14H2,1-7H3/b10-8+,16-13-/t15-,20+,21-,22+,24-/m1/s1. The summed E-state index contributed by atoms with van der Waals surface area (Å²) in [5, 5.41) is 0. The maximum atomic E-state index is 12.4. The number of hydrogen-bond donors (Lipinski definition) is 0. The van der Waals surface area contributed by atoms with Gasteiger partial charge in [0.15, 0.2) is 5.78 Å². The van der Waals surface area contributed by atoms with Crippen molar-refractivity contribution in [2.75, 3.05) is 0 Å². The number of allylic oxidation sites excluding steroid dienone is 3.